The Hall–Kier alpha value is -2.47. The SMILES string of the molecule is CCNC(=NCc1ncccc1C)N1CC(C)OC(c2ccc(F)cc2)C1. The Labute approximate surface area is 160 Å². The van der Waals surface area contributed by atoms with Crippen molar-refractivity contribution in [3.63, 3.8) is 0 Å². The molecule has 0 saturated carbocycles. The molecule has 0 bridgehead atoms. The lowest BCUT2D eigenvalue weighted by Crippen LogP contribution is -2.50. The molecule has 1 aliphatic rings. The van der Waals surface area contributed by atoms with Crippen molar-refractivity contribution in [1.82, 2.24) is 15.2 Å². The van der Waals surface area contributed by atoms with E-state index < -0.39 is 0 Å². The minimum absolute atomic E-state index is 0.0502. The Morgan fingerprint density at radius 2 is 2.07 bits per heavy atom. The summed E-state index contributed by atoms with van der Waals surface area (Å²) in [5.74, 6) is 0.616. The number of nitrogens with zero attached hydrogens (tertiary/aromatic N) is 3. The van der Waals surface area contributed by atoms with E-state index >= 15 is 0 Å². The molecule has 1 aromatic heterocycles. The van der Waals surface area contributed by atoms with Gasteiger partial charge in [0.25, 0.3) is 0 Å². The third-order valence-corrected chi connectivity index (χ3v) is 4.63. The van der Waals surface area contributed by atoms with Gasteiger partial charge in [0.2, 0.25) is 0 Å². The highest BCUT2D eigenvalue weighted by Gasteiger charge is 2.28. The van der Waals surface area contributed by atoms with Crippen LogP contribution in [0.25, 0.3) is 0 Å². The summed E-state index contributed by atoms with van der Waals surface area (Å²) in [7, 11) is 0. The number of halogens is 1. The van der Waals surface area contributed by atoms with Gasteiger partial charge in [-0.25, -0.2) is 9.38 Å². The van der Waals surface area contributed by atoms with E-state index in [0.29, 0.717) is 13.1 Å². The van der Waals surface area contributed by atoms with Crippen molar-refractivity contribution >= 4 is 5.96 Å². The molecule has 5 nitrogen and oxygen atoms in total. The minimum atomic E-state index is -0.236. The van der Waals surface area contributed by atoms with Crippen LogP contribution < -0.4 is 5.32 Å². The monoisotopic (exact) mass is 370 g/mol. The van der Waals surface area contributed by atoms with Crippen LogP contribution in [0, 0.1) is 12.7 Å². The maximum Gasteiger partial charge on any atom is 0.194 e. The second-order valence-corrected chi connectivity index (χ2v) is 6.83. The molecule has 2 aromatic rings. The van der Waals surface area contributed by atoms with Crippen molar-refractivity contribution in [2.24, 2.45) is 4.99 Å². The Kier molecular flexibility index (Phi) is 6.40. The number of hydrogen-bond donors (Lipinski definition) is 1. The fourth-order valence-corrected chi connectivity index (χ4v) is 3.25. The summed E-state index contributed by atoms with van der Waals surface area (Å²) in [6.07, 6.45) is 1.73. The second-order valence-electron chi connectivity index (χ2n) is 6.83. The zero-order valence-electron chi connectivity index (χ0n) is 16.2. The van der Waals surface area contributed by atoms with Crippen LogP contribution >= 0.6 is 0 Å². The molecule has 3 rings (SSSR count). The first-order valence-electron chi connectivity index (χ1n) is 9.41. The van der Waals surface area contributed by atoms with Crippen LogP contribution in [0.3, 0.4) is 0 Å². The average molecular weight is 370 g/mol. The molecular formula is C21H27FN4O. The van der Waals surface area contributed by atoms with Crippen LogP contribution in [-0.4, -0.2) is 41.6 Å². The number of rotatable bonds is 4. The number of benzene rings is 1. The van der Waals surface area contributed by atoms with Crippen molar-refractivity contribution in [3.8, 4) is 0 Å². The van der Waals surface area contributed by atoms with E-state index in [1.807, 2.05) is 19.1 Å². The summed E-state index contributed by atoms with van der Waals surface area (Å²) in [6, 6.07) is 10.5. The van der Waals surface area contributed by atoms with E-state index in [1.54, 1.807) is 18.3 Å². The molecular weight excluding hydrogens is 343 g/mol. The molecule has 144 valence electrons. The Morgan fingerprint density at radius 1 is 1.30 bits per heavy atom. The number of aliphatic imine (C=N–C) groups is 1. The van der Waals surface area contributed by atoms with Crippen LogP contribution in [0.2, 0.25) is 0 Å². The lowest BCUT2D eigenvalue weighted by atomic mass is 10.1. The van der Waals surface area contributed by atoms with Gasteiger partial charge in [0.1, 0.15) is 11.9 Å². The van der Waals surface area contributed by atoms with E-state index in [0.717, 1.165) is 35.9 Å². The molecule has 0 aliphatic carbocycles. The Bertz CT molecular complexity index is 778. The van der Waals surface area contributed by atoms with Gasteiger partial charge in [-0.15, -0.1) is 0 Å². The van der Waals surface area contributed by atoms with Gasteiger partial charge >= 0.3 is 0 Å². The van der Waals surface area contributed by atoms with Crippen molar-refractivity contribution in [1.29, 1.82) is 0 Å². The molecule has 0 amide bonds. The second kappa shape index (κ2) is 8.95. The van der Waals surface area contributed by atoms with Crippen molar-refractivity contribution in [2.75, 3.05) is 19.6 Å². The van der Waals surface area contributed by atoms with Gasteiger partial charge in [-0.2, -0.15) is 0 Å². The molecule has 6 heteroatoms. The third-order valence-electron chi connectivity index (χ3n) is 4.63. The smallest absolute Gasteiger partial charge is 0.194 e. The molecule has 1 fully saturated rings. The molecule has 0 radical (unpaired) electrons. The van der Waals surface area contributed by atoms with Crippen LogP contribution in [0.1, 0.15) is 36.8 Å². The predicted molar refractivity (Wildman–Crippen MR) is 105 cm³/mol. The van der Waals surface area contributed by atoms with Crippen molar-refractivity contribution in [2.45, 2.75) is 39.5 Å². The van der Waals surface area contributed by atoms with Crippen LogP contribution in [-0.2, 0) is 11.3 Å². The lowest BCUT2D eigenvalue weighted by Gasteiger charge is -2.38. The largest absolute Gasteiger partial charge is 0.367 e. The highest BCUT2D eigenvalue weighted by molar-refractivity contribution is 5.80. The fourth-order valence-electron chi connectivity index (χ4n) is 3.25. The number of hydrogen-bond acceptors (Lipinski definition) is 3. The minimum Gasteiger partial charge on any atom is -0.367 e. The summed E-state index contributed by atoms with van der Waals surface area (Å²) in [5, 5.41) is 3.38. The van der Waals surface area contributed by atoms with Crippen LogP contribution in [0.4, 0.5) is 4.39 Å². The molecule has 0 spiro atoms. The van der Waals surface area contributed by atoms with E-state index in [-0.39, 0.29) is 18.0 Å². The maximum atomic E-state index is 13.2. The van der Waals surface area contributed by atoms with Gasteiger partial charge in [0, 0.05) is 19.3 Å². The zero-order chi connectivity index (χ0) is 19.2. The molecule has 1 aliphatic heterocycles. The summed E-state index contributed by atoms with van der Waals surface area (Å²) in [6.45, 7) is 8.90. The fraction of sp³-hybridized carbons (Fsp3) is 0.429. The topological polar surface area (TPSA) is 49.8 Å². The first kappa shape index (κ1) is 19.3. The normalized spacial score (nSPS) is 20.6. The highest BCUT2D eigenvalue weighted by atomic mass is 19.1. The van der Waals surface area contributed by atoms with Gasteiger partial charge in [0.05, 0.1) is 24.9 Å². The van der Waals surface area contributed by atoms with Crippen LogP contribution in [0.5, 0.6) is 0 Å². The number of aromatic nitrogens is 1. The van der Waals surface area contributed by atoms with Crippen molar-refractivity contribution in [3.05, 3.63) is 65.2 Å². The Balaban J connectivity index is 1.78. The van der Waals surface area contributed by atoms with Crippen molar-refractivity contribution < 1.29 is 9.13 Å². The first-order chi connectivity index (χ1) is 13.1. The number of pyridine rings is 1. The Morgan fingerprint density at radius 3 is 2.78 bits per heavy atom. The molecule has 2 heterocycles. The van der Waals surface area contributed by atoms with Gasteiger partial charge in [0.15, 0.2) is 5.96 Å². The number of guanidine groups is 1. The maximum absolute atomic E-state index is 13.2. The van der Waals surface area contributed by atoms with Gasteiger partial charge < -0.3 is 15.0 Å². The standard InChI is InChI=1S/C21H27FN4O/c1-4-23-21(25-12-19-15(2)6-5-11-24-19)26-13-16(3)27-20(14-26)17-7-9-18(22)10-8-17/h5-11,16,20H,4,12-14H2,1-3H3,(H,23,25). The van der Waals surface area contributed by atoms with E-state index in [4.69, 9.17) is 9.73 Å². The molecule has 1 saturated heterocycles. The highest BCUT2D eigenvalue weighted by Crippen LogP contribution is 2.25. The third kappa shape index (κ3) is 5.04. The number of aryl methyl sites for hydroxylation is 1. The summed E-state index contributed by atoms with van der Waals surface area (Å²) >= 11 is 0. The van der Waals surface area contributed by atoms with E-state index in [9.17, 15) is 4.39 Å². The lowest BCUT2D eigenvalue weighted by molar-refractivity contribution is -0.0605. The molecule has 2 unspecified atom stereocenters. The molecule has 2 atom stereocenters. The average Bonchev–Trinajstić information content (AvgIpc) is 2.66. The van der Waals surface area contributed by atoms with Gasteiger partial charge in [-0.3, -0.25) is 4.98 Å². The van der Waals surface area contributed by atoms with Crippen LogP contribution in [0.15, 0.2) is 47.6 Å². The van der Waals surface area contributed by atoms with E-state index in [2.05, 4.69) is 29.0 Å². The quantitative estimate of drug-likeness (QED) is 0.661. The molecule has 27 heavy (non-hydrogen) atoms. The summed E-state index contributed by atoms with van der Waals surface area (Å²) in [5.41, 5.74) is 3.09. The van der Waals surface area contributed by atoms with Gasteiger partial charge in [-0.1, -0.05) is 18.2 Å². The summed E-state index contributed by atoms with van der Waals surface area (Å²) in [4.78, 5) is 11.4. The number of morpholine rings is 1. The molecule has 1 aromatic carbocycles. The van der Waals surface area contributed by atoms with Gasteiger partial charge in [-0.05, 0) is 50.1 Å². The zero-order valence-corrected chi connectivity index (χ0v) is 16.2. The van der Waals surface area contributed by atoms with E-state index in [1.165, 1.54) is 12.1 Å². The number of nitrogens with one attached hydrogen (secondary N) is 1. The molecule has 1 N–H and O–H groups in total. The first-order valence-corrected chi connectivity index (χ1v) is 9.41. The summed E-state index contributed by atoms with van der Waals surface area (Å²) < 4.78 is 19.3. The number of ether oxygens (including phenoxy) is 1. The predicted octanol–water partition coefficient (Wildman–Crippen LogP) is 3.46.